The topological polar surface area (TPSA) is 432 Å². The van der Waals surface area contributed by atoms with Crippen LogP contribution in [-0.2, 0) is 65.6 Å². The smallest absolute Gasteiger partial charge is 0.303 e. The summed E-state index contributed by atoms with van der Waals surface area (Å²) in [4.78, 5) is 152. The quantitative estimate of drug-likeness (QED) is 0.0278. The molecular weight excluding hydrogens is 1010 g/mol. The van der Waals surface area contributed by atoms with Crippen LogP contribution in [0.5, 0.6) is 5.75 Å². The van der Waals surface area contributed by atoms with E-state index < -0.39 is 133 Å². The summed E-state index contributed by atoms with van der Waals surface area (Å²) < 4.78 is 0. The number of nitrogens with two attached hydrogens (primary N) is 4. The molecule has 2 aliphatic rings. The lowest BCUT2D eigenvalue weighted by Gasteiger charge is -2.31. The van der Waals surface area contributed by atoms with E-state index in [4.69, 9.17) is 22.9 Å². The van der Waals surface area contributed by atoms with Crippen LogP contribution in [0.3, 0.4) is 0 Å². The average Bonchev–Trinajstić information content (AvgIpc) is 3.85. The number of amides is 10. The van der Waals surface area contributed by atoms with E-state index in [0.29, 0.717) is 17.5 Å². The second-order valence-electron chi connectivity index (χ2n) is 17.3. The van der Waals surface area contributed by atoms with Gasteiger partial charge in [0.05, 0.1) is 13.0 Å². The van der Waals surface area contributed by atoms with Gasteiger partial charge in [0.15, 0.2) is 5.96 Å². The molecular formula is C46H63N13O13S2. The number of hydrogen-bond acceptors (Lipinski definition) is 15. The largest absolute Gasteiger partial charge is 0.508 e. The first kappa shape index (κ1) is 58.9. The summed E-state index contributed by atoms with van der Waals surface area (Å²) in [6.07, 6.45) is -1.79. The number of guanidine groups is 1. The van der Waals surface area contributed by atoms with Gasteiger partial charge in [0.25, 0.3) is 0 Å². The maximum atomic E-state index is 14.5. The predicted octanol–water partition coefficient (Wildman–Crippen LogP) is -3.74. The molecule has 2 saturated heterocycles. The number of aliphatic imine (C=N–C) groups is 1. The van der Waals surface area contributed by atoms with Gasteiger partial charge in [-0.15, -0.1) is 0 Å². The van der Waals surface area contributed by atoms with Crippen LogP contribution in [0, 0.1) is 0 Å². The Morgan fingerprint density at radius 1 is 0.757 bits per heavy atom. The monoisotopic (exact) mass is 1070 g/mol. The zero-order valence-corrected chi connectivity index (χ0v) is 41.9. The van der Waals surface area contributed by atoms with Gasteiger partial charge in [-0.3, -0.25) is 57.7 Å². The highest BCUT2D eigenvalue weighted by atomic mass is 33.1. The van der Waals surface area contributed by atoms with Gasteiger partial charge in [-0.2, -0.15) is 0 Å². The third kappa shape index (κ3) is 20.1. The Morgan fingerprint density at radius 3 is 2.00 bits per heavy atom. The molecule has 26 nitrogen and oxygen atoms in total. The van der Waals surface area contributed by atoms with E-state index in [1.807, 2.05) is 0 Å². The molecule has 1 unspecified atom stereocenters. The van der Waals surface area contributed by atoms with Crippen LogP contribution in [0.2, 0.25) is 0 Å². The molecule has 2 aliphatic heterocycles. The Morgan fingerprint density at radius 2 is 1.36 bits per heavy atom. The molecule has 0 saturated carbocycles. The second kappa shape index (κ2) is 29.8. The van der Waals surface area contributed by atoms with Gasteiger partial charge >= 0.3 is 5.97 Å². The fourth-order valence-corrected chi connectivity index (χ4v) is 9.91. The van der Waals surface area contributed by atoms with E-state index in [9.17, 15) is 63.0 Å². The van der Waals surface area contributed by atoms with Crippen LogP contribution < -0.4 is 60.2 Å². The fourth-order valence-electron chi connectivity index (χ4n) is 7.76. The lowest BCUT2D eigenvalue weighted by atomic mass is 10.0. The maximum Gasteiger partial charge on any atom is 0.303 e. The molecule has 0 bridgehead atoms. The molecule has 0 spiro atoms. The van der Waals surface area contributed by atoms with Crippen LogP contribution in [0.15, 0.2) is 59.6 Å². The van der Waals surface area contributed by atoms with Crippen molar-refractivity contribution in [2.75, 3.05) is 31.1 Å². The normalized spacial score (nSPS) is 21.7. The van der Waals surface area contributed by atoms with Crippen molar-refractivity contribution in [2.45, 2.75) is 107 Å². The number of aromatic hydroxyl groups is 1. The number of nitrogens with one attached hydrogen (secondary N) is 7. The van der Waals surface area contributed by atoms with Crippen LogP contribution in [0.4, 0.5) is 0 Å². The van der Waals surface area contributed by atoms with Crippen molar-refractivity contribution < 1.29 is 63.0 Å². The lowest BCUT2D eigenvalue weighted by molar-refractivity contribution is -0.142. The number of likely N-dealkylation sites (tertiary alicyclic amines) is 1. The van der Waals surface area contributed by atoms with Crippen LogP contribution in [0.25, 0.3) is 0 Å². The number of benzene rings is 2. The van der Waals surface area contributed by atoms with Gasteiger partial charge < -0.3 is 75.3 Å². The minimum Gasteiger partial charge on any atom is -0.508 e. The minimum absolute atomic E-state index is 0.00665. The molecule has 2 aromatic carbocycles. The first-order valence-electron chi connectivity index (χ1n) is 23.5. The van der Waals surface area contributed by atoms with Crippen LogP contribution in [-0.4, -0.2) is 160 Å². The summed E-state index contributed by atoms with van der Waals surface area (Å²) in [5.41, 5.74) is 22.6. The van der Waals surface area contributed by atoms with Crippen molar-refractivity contribution in [2.24, 2.45) is 27.9 Å². The molecule has 2 heterocycles. The Labute approximate surface area is 433 Å². The van der Waals surface area contributed by atoms with Crippen LogP contribution >= 0.6 is 21.6 Å². The van der Waals surface area contributed by atoms with Crippen molar-refractivity contribution >= 4 is 92.6 Å². The number of hydrogen-bond donors (Lipinski definition) is 13. The summed E-state index contributed by atoms with van der Waals surface area (Å²) in [7, 11) is 2.17. The van der Waals surface area contributed by atoms with Crippen molar-refractivity contribution in [3.8, 4) is 5.75 Å². The summed E-state index contributed by atoms with van der Waals surface area (Å²) >= 11 is 0. The van der Waals surface area contributed by atoms with Crippen molar-refractivity contribution in [1.29, 1.82) is 0 Å². The van der Waals surface area contributed by atoms with Gasteiger partial charge in [-0.25, -0.2) is 0 Å². The highest BCUT2D eigenvalue weighted by Crippen LogP contribution is 2.26. The maximum absolute atomic E-state index is 14.5. The summed E-state index contributed by atoms with van der Waals surface area (Å²) in [6, 6.07) is 4.21. The van der Waals surface area contributed by atoms with Crippen molar-refractivity contribution in [1.82, 2.24) is 42.1 Å². The number of carbonyl (C=O) groups is 11. The van der Waals surface area contributed by atoms with E-state index in [1.54, 1.807) is 42.5 Å². The van der Waals surface area contributed by atoms with E-state index in [1.165, 1.54) is 17.0 Å². The number of nitrogens with zero attached hydrogens (tertiary/aromatic N) is 2. The van der Waals surface area contributed by atoms with Gasteiger partial charge in [0.1, 0.15) is 48.0 Å². The Hall–Kier alpha value is -7.62. The van der Waals surface area contributed by atoms with E-state index in [-0.39, 0.29) is 74.8 Å². The number of carbonyl (C=O) groups excluding carboxylic acids is 10. The molecule has 402 valence electrons. The minimum atomic E-state index is -1.80. The first-order chi connectivity index (χ1) is 35.2. The molecule has 0 radical (unpaired) electrons. The third-order valence-corrected chi connectivity index (χ3v) is 13.9. The number of carboxylic acid groups (broad SMARTS) is 1. The summed E-state index contributed by atoms with van der Waals surface area (Å²) in [6.45, 7) is -0.422. The molecule has 17 N–H and O–H groups in total. The number of phenolic OH excluding ortho intramolecular Hbond substituents is 1. The zero-order valence-electron chi connectivity index (χ0n) is 40.2. The van der Waals surface area contributed by atoms with Gasteiger partial charge in [-0.05, 0) is 55.4 Å². The lowest BCUT2D eigenvalue weighted by Crippen LogP contribution is -2.61. The highest BCUT2D eigenvalue weighted by Gasteiger charge is 2.40. The molecule has 7 atom stereocenters. The molecule has 2 aromatic rings. The van der Waals surface area contributed by atoms with Crippen LogP contribution in [0.1, 0.15) is 62.5 Å². The van der Waals surface area contributed by atoms with Crippen molar-refractivity contribution in [3.05, 3.63) is 65.7 Å². The van der Waals surface area contributed by atoms with E-state index >= 15 is 0 Å². The number of rotatable bonds is 19. The molecule has 4 rings (SSSR count). The Balaban J connectivity index is 1.68. The van der Waals surface area contributed by atoms with Gasteiger partial charge in [0, 0.05) is 50.3 Å². The van der Waals surface area contributed by atoms with Crippen molar-refractivity contribution in [3.63, 3.8) is 0 Å². The third-order valence-electron chi connectivity index (χ3n) is 11.5. The second-order valence-corrected chi connectivity index (χ2v) is 19.9. The summed E-state index contributed by atoms with van der Waals surface area (Å²) in [5.74, 6) is -10.5. The summed E-state index contributed by atoms with van der Waals surface area (Å²) in [5, 5.41) is 37.2. The average molecular weight is 1070 g/mol. The molecule has 10 amide bonds. The van der Waals surface area contributed by atoms with E-state index in [0.717, 1.165) is 21.6 Å². The van der Waals surface area contributed by atoms with Gasteiger partial charge in [-0.1, -0.05) is 64.1 Å². The number of phenols is 1. The Kier molecular flexibility index (Phi) is 23.7. The molecule has 2 fully saturated rings. The fraction of sp³-hybridized carbons (Fsp3) is 0.478. The van der Waals surface area contributed by atoms with E-state index in [2.05, 4.69) is 42.2 Å². The number of aliphatic carboxylic acids is 1. The molecule has 0 aliphatic carbocycles. The Bertz CT molecular complexity index is 2380. The molecule has 28 heteroatoms. The highest BCUT2D eigenvalue weighted by molar-refractivity contribution is 8.76. The predicted molar refractivity (Wildman–Crippen MR) is 271 cm³/mol. The zero-order chi connectivity index (χ0) is 54.3. The SMILES string of the molecule is NC(=O)CNC(=O)[C@H](CCCN=C(N)N)NC(=O)[C@H]1CCCN1C(=O)[C@H]1CSSCCC(=O)N[C@@H](Cc2ccc(O)cc2)C(=O)N[C@H](Cc2ccccc2)C(=O)NC(CCC(=O)O)C(=O)N[C@H](CC(N)=O)C(=O)N1. The standard InChI is InChI=1S/C46H63N13O13S2/c47-35(61)22-32-43(70)58-33(45(72)59-18-5-9-34(59)44(71)55-28(8-4-17-51-46(49)50)39(66)52-23-36(48)62)24-74-73-19-16-37(63)53-30(21-26-10-12-27(60)13-11-26)41(68)56-31(20-25-6-2-1-3-7-25)42(69)54-29(40(67)57-32)14-15-38(64)65/h1-3,6-7,10-13,28-34,60H,4-5,8-9,14-24H2,(H2,47,61)(H2,48,62)(H,52,66)(H,53,63)(H,54,69)(H,55,71)(H,56,68)(H,57,67)(H,58,70)(H,64,65)(H4,49,50,51)/t28-,29?,30-,31+,32+,33+,34+/m0/s1. The molecule has 0 aromatic heterocycles. The first-order valence-corrected chi connectivity index (χ1v) is 26.0. The number of carboxylic acids is 1. The number of primary amides is 2. The molecule has 74 heavy (non-hydrogen) atoms. The van der Waals surface area contributed by atoms with Gasteiger partial charge in [0.2, 0.25) is 59.1 Å².